The van der Waals surface area contributed by atoms with Gasteiger partial charge in [0.05, 0.1) is 20.8 Å². The van der Waals surface area contributed by atoms with Gasteiger partial charge in [-0.2, -0.15) is 0 Å². The van der Waals surface area contributed by atoms with E-state index >= 15 is 0 Å². The zero-order chi connectivity index (χ0) is 25.4. The van der Waals surface area contributed by atoms with E-state index in [1.54, 1.807) is 18.2 Å². The largest absolute Gasteiger partial charge is 0.493 e. The highest BCUT2D eigenvalue weighted by molar-refractivity contribution is 6.02. The lowest BCUT2D eigenvalue weighted by Crippen LogP contribution is -2.43. The molecule has 2 aliphatic carbocycles. The van der Waals surface area contributed by atoms with Gasteiger partial charge in [-0.15, -0.1) is 0 Å². The van der Waals surface area contributed by atoms with Gasteiger partial charge in [-0.3, -0.25) is 19.2 Å². The second kappa shape index (κ2) is 9.40. The van der Waals surface area contributed by atoms with Gasteiger partial charge in [-0.25, -0.2) is 0 Å². The average molecular weight is 482 g/mol. The van der Waals surface area contributed by atoms with Crippen molar-refractivity contribution < 1.29 is 42.9 Å². The van der Waals surface area contributed by atoms with E-state index in [2.05, 4.69) is 0 Å². The van der Waals surface area contributed by atoms with Crippen LogP contribution in [0.3, 0.4) is 0 Å². The fraction of sp³-hybridized carbons (Fsp3) is 0.385. The number of carbonyl (C=O) groups is 4. The summed E-state index contributed by atoms with van der Waals surface area (Å²) in [5, 5.41) is 0. The van der Waals surface area contributed by atoms with Gasteiger partial charge in [-0.05, 0) is 47.4 Å². The minimum absolute atomic E-state index is 0.0399. The quantitative estimate of drug-likeness (QED) is 0.452. The molecule has 35 heavy (non-hydrogen) atoms. The molecule has 2 aliphatic rings. The third-order valence-corrected chi connectivity index (χ3v) is 6.40. The van der Waals surface area contributed by atoms with Gasteiger partial charge in [0.25, 0.3) is 0 Å². The summed E-state index contributed by atoms with van der Waals surface area (Å²) in [5.74, 6) is -1.76. The van der Waals surface area contributed by atoms with Crippen molar-refractivity contribution in [3.8, 4) is 23.0 Å². The number of hydrogen-bond donors (Lipinski definition) is 0. The molecule has 3 unspecified atom stereocenters. The Morgan fingerprint density at radius 1 is 0.800 bits per heavy atom. The molecule has 0 aromatic heterocycles. The first kappa shape index (κ1) is 24.3. The fourth-order valence-electron chi connectivity index (χ4n) is 5.08. The van der Waals surface area contributed by atoms with Crippen LogP contribution in [0.2, 0.25) is 0 Å². The second-order valence-electron chi connectivity index (χ2n) is 8.60. The maximum Gasteiger partial charge on any atom is 0.308 e. The molecular weight excluding hydrogens is 456 g/mol. The third-order valence-electron chi connectivity index (χ3n) is 6.40. The molecule has 3 atom stereocenters. The summed E-state index contributed by atoms with van der Waals surface area (Å²) in [6, 6.07) is 6.72. The zero-order valence-corrected chi connectivity index (χ0v) is 20.1. The van der Waals surface area contributed by atoms with Gasteiger partial charge in [-0.1, -0.05) is 0 Å². The molecule has 2 bridgehead atoms. The molecular formula is C26H26O9. The summed E-state index contributed by atoms with van der Waals surface area (Å²) in [5.41, 5.74) is 2.75. The number of ketones is 1. The molecule has 0 fully saturated rings. The van der Waals surface area contributed by atoms with E-state index in [0.29, 0.717) is 23.3 Å². The molecule has 9 heteroatoms. The predicted octanol–water partition coefficient (Wildman–Crippen LogP) is 3.23. The van der Waals surface area contributed by atoms with Gasteiger partial charge in [0, 0.05) is 44.1 Å². The molecule has 0 aliphatic heterocycles. The van der Waals surface area contributed by atoms with E-state index in [1.807, 2.05) is 0 Å². The highest BCUT2D eigenvalue weighted by atomic mass is 16.6. The summed E-state index contributed by atoms with van der Waals surface area (Å²) in [4.78, 5) is 48.6. The van der Waals surface area contributed by atoms with Crippen molar-refractivity contribution in [2.75, 3.05) is 20.8 Å². The van der Waals surface area contributed by atoms with E-state index < -0.39 is 23.8 Å². The number of benzene rings is 2. The van der Waals surface area contributed by atoms with Crippen molar-refractivity contribution in [3.63, 3.8) is 0 Å². The van der Waals surface area contributed by atoms with Crippen LogP contribution in [0.1, 0.15) is 53.7 Å². The van der Waals surface area contributed by atoms with E-state index in [1.165, 1.54) is 41.1 Å². The normalized spacial score (nSPS) is 19.7. The van der Waals surface area contributed by atoms with Gasteiger partial charge in [0.1, 0.15) is 0 Å². The standard InChI is InChI=1S/C26H26O9/c1-12(27)33-11-20-18-6-15-7-21(31-4)23(34-13(2)28)8-16(15)25(20)17-9-22(32-5)24(35-14(3)29)10-19(17)26(18)30/h7-10,18,20,25H,6,11H2,1-5H3. The van der Waals surface area contributed by atoms with Crippen LogP contribution >= 0.6 is 0 Å². The van der Waals surface area contributed by atoms with Crippen LogP contribution in [0.25, 0.3) is 0 Å². The third kappa shape index (κ3) is 4.45. The molecule has 0 saturated heterocycles. The molecule has 0 amide bonds. The molecule has 0 N–H and O–H groups in total. The minimum Gasteiger partial charge on any atom is -0.493 e. The molecule has 2 aromatic rings. The number of carbonyl (C=O) groups excluding carboxylic acids is 4. The van der Waals surface area contributed by atoms with E-state index in [-0.39, 0.29) is 41.5 Å². The number of rotatable bonds is 6. The number of hydrogen-bond acceptors (Lipinski definition) is 9. The van der Waals surface area contributed by atoms with Crippen LogP contribution in [-0.4, -0.2) is 44.5 Å². The van der Waals surface area contributed by atoms with Crippen LogP contribution in [0, 0.1) is 11.8 Å². The Kier molecular flexibility index (Phi) is 6.51. The summed E-state index contributed by atoms with van der Waals surface area (Å²) in [6.45, 7) is 3.93. The van der Waals surface area contributed by atoms with Crippen molar-refractivity contribution in [2.45, 2.75) is 33.1 Å². The molecule has 0 heterocycles. The summed E-state index contributed by atoms with van der Waals surface area (Å²) in [6.07, 6.45) is 0.377. The average Bonchev–Trinajstić information content (AvgIpc) is 2.79. The lowest BCUT2D eigenvalue weighted by atomic mass is 9.60. The smallest absolute Gasteiger partial charge is 0.308 e. The number of Topliss-reactive ketones (excluding diaryl/α,β-unsaturated/α-hetero) is 1. The molecule has 184 valence electrons. The first-order valence-corrected chi connectivity index (χ1v) is 11.1. The summed E-state index contributed by atoms with van der Waals surface area (Å²) < 4.78 is 26.9. The van der Waals surface area contributed by atoms with Crippen LogP contribution in [0.4, 0.5) is 0 Å². The Hall–Kier alpha value is -3.88. The Balaban J connectivity index is 1.94. The van der Waals surface area contributed by atoms with E-state index in [9.17, 15) is 19.2 Å². The number of esters is 3. The summed E-state index contributed by atoms with van der Waals surface area (Å²) >= 11 is 0. The zero-order valence-electron chi connectivity index (χ0n) is 20.1. The number of ether oxygens (including phenoxy) is 5. The van der Waals surface area contributed by atoms with Gasteiger partial charge >= 0.3 is 17.9 Å². The van der Waals surface area contributed by atoms with Crippen LogP contribution in [-0.2, 0) is 25.5 Å². The molecule has 0 spiro atoms. The molecule has 9 nitrogen and oxygen atoms in total. The van der Waals surface area contributed by atoms with Gasteiger partial charge in [0.2, 0.25) is 0 Å². The lowest BCUT2D eigenvalue weighted by molar-refractivity contribution is -0.143. The first-order chi connectivity index (χ1) is 16.6. The Morgan fingerprint density at radius 2 is 1.37 bits per heavy atom. The fourth-order valence-corrected chi connectivity index (χ4v) is 5.08. The lowest BCUT2D eigenvalue weighted by Gasteiger charge is -2.43. The minimum atomic E-state index is -0.539. The number of fused-ring (bicyclic) bond motifs is 6. The second-order valence-corrected chi connectivity index (χ2v) is 8.60. The van der Waals surface area contributed by atoms with Crippen LogP contribution in [0.15, 0.2) is 24.3 Å². The predicted molar refractivity (Wildman–Crippen MR) is 122 cm³/mol. The van der Waals surface area contributed by atoms with Crippen molar-refractivity contribution in [2.24, 2.45) is 11.8 Å². The van der Waals surface area contributed by atoms with Gasteiger partial charge in [0.15, 0.2) is 28.8 Å². The summed E-state index contributed by atoms with van der Waals surface area (Å²) in [7, 11) is 2.92. The Bertz CT molecular complexity index is 1230. The first-order valence-electron chi connectivity index (χ1n) is 11.1. The SMILES string of the molecule is COc1cc2c(cc1OC(C)=O)C(=O)C1Cc3cc(OC)c(OC(C)=O)cc3C2C1COC(C)=O. The molecule has 0 radical (unpaired) electrons. The van der Waals surface area contributed by atoms with Crippen molar-refractivity contribution in [3.05, 3.63) is 46.5 Å². The highest BCUT2D eigenvalue weighted by Crippen LogP contribution is 2.53. The molecule has 4 rings (SSSR count). The van der Waals surface area contributed by atoms with Crippen molar-refractivity contribution >= 4 is 23.7 Å². The Morgan fingerprint density at radius 3 is 1.94 bits per heavy atom. The monoisotopic (exact) mass is 482 g/mol. The maximum atomic E-state index is 13.7. The highest BCUT2D eigenvalue weighted by Gasteiger charge is 2.48. The van der Waals surface area contributed by atoms with E-state index in [4.69, 9.17) is 23.7 Å². The Labute approximate surface area is 202 Å². The molecule has 2 aromatic carbocycles. The van der Waals surface area contributed by atoms with Gasteiger partial charge < -0.3 is 23.7 Å². The van der Waals surface area contributed by atoms with Crippen LogP contribution < -0.4 is 18.9 Å². The topological polar surface area (TPSA) is 114 Å². The molecule has 0 saturated carbocycles. The maximum absolute atomic E-state index is 13.7. The van der Waals surface area contributed by atoms with Crippen molar-refractivity contribution in [1.82, 2.24) is 0 Å². The van der Waals surface area contributed by atoms with E-state index in [0.717, 1.165) is 11.1 Å². The van der Waals surface area contributed by atoms with Crippen molar-refractivity contribution in [1.29, 1.82) is 0 Å². The van der Waals surface area contributed by atoms with Crippen LogP contribution in [0.5, 0.6) is 23.0 Å². The number of methoxy groups -OCH3 is 2.